The van der Waals surface area contributed by atoms with Crippen molar-refractivity contribution in [2.75, 3.05) is 11.9 Å². The van der Waals surface area contributed by atoms with Crippen LogP contribution >= 0.6 is 0 Å². The largest absolute Gasteiger partial charge is 0.508 e. The molecule has 3 aromatic carbocycles. The summed E-state index contributed by atoms with van der Waals surface area (Å²) in [6.07, 6.45) is 1.36. The summed E-state index contributed by atoms with van der Waals surface area (Å²) in [6, 6.07) is 17.5. The molecule has 0 radical (unpaired) electrons. The van der Waals surface area contributed by atoms with Crippen molar-refractivity contribution in [3.8, 4) is 5.75 Å². The summed E-state index contributed by atoms with van der Waals surface area (Å²) in [6.45, 7) is 12.8. The van der Waals surface area contributed by atoms with Gasteiger partial charge in [-0.3, -0.25) is 9.59 Å². The lowest BCUT2D eigenvalue weighted by Gasteiger charge is -2.35. The Morgan fingerprint density at radius 1 is 1.02 bits per heavy atom. The van der Waals surface area contributed by atoms with E-state index >= 15 is 0 Å². The van der Waals surface area contributed by atoms with Crippen LogP contribution in [0.5, 0.6) is 5.75 Å². The molecule has 3 atom stereocenters. The van der Waals surface area contributed by atoms with Gasteiger partial charge in [0.2, 0.25) is 5.91 Å². The minimum Gasteiger partial charge on any atom is -0.508 e. The molecule has 0 fully saturated rings. The molecule has 8 nitrogen and oxygen atoms in total. The number of nitrogens with one attached hydrogen (secondary N) is 2. The molecule has 3 rings (SSSR count). The number of anilines is 1. The Labute approximate surface area is 236 Å². The van der Waals surface area contributed by atoms with Gasteiger partial charge in [0.15, 0.2) is 0 Å². The van der Waals surface area contributed by atoms with Crippen molar-refractivity contribution >= 4 is 34.4 Å². The molecule has 212 valence electrons. The maximum Gasteiger partial charge on any atom is 0.408 e. The number of hydrogen-bond donors (Lipinski definition) is 3. The van der Waals surface area contributed by atoms with E-state index in [-0.39, 0.29) is 23.8 Å². The Morgan fingerprint density at radius 3 is 2.30 bits per heavy atom. The number of para-hydroxylation sites is 1. The van der Waals surface area contributed by atoms with Gasteiger partial charge in [0.05, 0.1) is 0 Å². The topological polar surface area (TPSA) is 108 Å². The van der Waals surface area contributed by atoms with E-state index in [9.17, 15) is 19.5 Å². The number of aromatic hydroxyl groups is 1. The van der Waals surface area contributed by atoms with Gasteiger partial charge in [0.1, 0.15) is 23.4 Å². The average Bonchev–Trinajstić information content (AvgIpc) is 2.90. The highest BCUT2D eigenvalue weighted by Gasteiger charge is 2.38. The van der Waals surface area contributed by atoms with Gasteiger partial charge < -0.3 is 25.4 Å². The van der Waals surface area contributed by atoms with Crippen LogP contribution in [0, 0.1) is 5.92 Å². The molecule has 3 amide bonds. The average molecular weight is 546 g/mol. The summed E-state index contributed by atoms with van der Waals surface area (Å²) in [5.74, 6) is -1.43. The highest BCUT2D eigenvalue weighted by atomic mass is 16.6. The molecule has 3 unspecified atom stereocenters. The maximum absolute atomic E-state index is 14.1. The molecule has 0 heterocycles. The predicted octanol–water partition coefficient (Wildman–Crippen LogP) is 6.18. The minimum absolute atomic E-state index is 0.00803. The van der Waals surface area contributed by atoms with Crippen LogP contribution in [0.15, 0.2) is 79.4 Å². The van der Waals surface area contributed by atoms with Crippen LogP contribution < -0.4 is 10.6 Å². The highest BCUT2D eigenvalue weighted by Crippen LogP contribution is 2.32. The number of nitrogens with zero attached hydrogens (tertiary/aromatic N) is 1. The Morgan fingerprint density at radius 2 is 1.68 bits per heavy atom. The number of phenols is 1. The van der Waals surface area contributed by atoms with Gasteiger partial charge in [-0.25, -0.2) is 4.79 Å². The fourth-order valence-electron chi connectivity index (χ4n) is 4.41. The van der Waals surface area contributed by atoms with Crippen molar-refractivity contribution in [2.45, 2.75) is 58.7 Å². The first kappa shape index (κ1) is 30.2. The second-order valence-corrected chi connectivity index (χ2v) is 10.8. The number of fused-ring (bicyclic) bond motifs is 1. The lowest BCUT2D eigenvalue weighted by Crippen LogP contribution is -2.54. The van der Waals surface area contributed by atoms with E-state index in [2.05, 4.69) is 17.2 Å². The molecule has 0 spiro atoms. The number of amides is 3. The van der Waals surface area contributed by atoms with Crippen molar-refractivity contribution in [1.82, 2.24) is 10.2 Å². The van der Waals surface area contributed by atoms with Crippen molar-refractivity contribution in [3.63, 3.8) is 0 Å². The zero-order valence-corrected chi connectivity index (χ0v) is 23.8. The fraction of sp³-hybridized carbons (Fsp3) is 0.344. The smallest absolute Gasteiger partial charge is 0.408 e. The van der Waals surface area contributed by atoms with Crippen LogP contribution in [0.4, 0.5) is 10.5 Å². The van der Waals surface area contributed by atoms with E-state index in [4.69, 9.17) is 4.74 Å². The van der Waals surface area contributed by atoms with E-state index in [0.29, 0.717) is 12.1 Å². The van der Waals surface area contributed by atoms with Crippen LogP contribution in [-0.2, 0) is 14.3 Å². The van der Waals surface area contributed by atoms with Gasteiger partial charge >= 0.3 is 6.09 Å². The molecule has 3 N–H and O–H groups in total. The third-order valence-electron chi connectivity index (χ3n) is 6.57. The Hall–Kier alpha value is -4.33. The van der Waals surface area contributed by atoms with Gasteiger partial charge in [0.25, 0.3) is 5.91 Å². The molecule has 0 aromatic heterocycles. The Bertz CT molecular complexity index is 1360. The SMILES string of the molecule is C=CCN(C(=O)C(NC(=O)OC(C)(C)C)C(C)CC)C(C(=O)Nc1ccc2ccccc2c1)c1ccccc1O. The minimum atomic E-state index is -1.22. The normalized spacial score (nSPS) is 13.5. The number of carbonyl (C=O) groups excluding carboxylic acids is 3. The van der Waals surface area contributed by atoms with Crippen molar-refractivity contribution < 1.29 is 24.2 Å². The summed E-state index contributed by atoms with van der Waals surface area (Å²) in [4.78, 5) is 42.1. The highest BCUT2D eigenvalue weighted by molar-refractivity contribution is 6.00. The molecule has 0 aliphatic carbocycles. The summed E-state index contributed by atoms with van der Waals surface area (Å²) >= 11 is 0. The molecular weight excluding hydrogens is 506 g/mol. The molecule has 0 aliphatic rings. The third kappa shape index (κ3) is 7.62. The van der Waals surface area contributed by atoms with Gasteiger partial charge in [-0.1, -0.05) is 74.9 Å². The molecule has 3 aromatic rings. The number of phenolic OH excluding ortho intramolecular Hbond substituents is 1. The molecular formula is C32H39N3O5. The van der Waals surface area contributed by atoms with Gasteiger partial charge in [-0.2, -0.15) is 0 Å². The van der Waals surface area contributed by atoms with E-state index in [0.717, 1.165) is 10.8 Å². The summed E-state index contributed by atoms with van der Waals surface area (Å²) in [7, 11) is 0. The monoisotopic (exact) mass is 545 g/mol. The Balaban J connectivity index is 2.03. The van der Waals surface area contributed by atoms with E-state index in [1.165, 1.54) is 17.0 Å². The van der Waals surface area contributed by atoms with Crippen LogP contribution in [0.2, 0.25) is 0 Å². The zero-order valence-electron chi connectivity index (χ0n) is 23.8. The summed E-state index contributed by atoms with van der Waals surface area (Å²) < 4.78 is 5.42. The lowest BCUT2D eigenvalue weighted by molar-refractivity contribution is -0.141. The first-order valence-corrected chi connectivity index (χ1v) is 13.4. The molecule has 40 heavy (non-hydrogen) atoms. The summed E-state index contributed by atoms with van der Waals surface area (Å²) in [5, 5.41) is 18.4. The lowest BCUT2D eigenvalue weighted by atomic mass is 9.95. The third-order valence-corrected chi connectivity index (χ3v) is 6.57. The number of rotatable bonds is 10. The number of alkyl carbamates (subject to hydrolysis) is 1. The first-order valence-electron chi connectivity index (χ1n) is 13.4. The quantitative estimate of drug-likeness (QED) is 0.264. The summed E-state index contributed by atoms with van der Waals surface area (Å²) in [5.41, 5.74) is 0.0307. The predicted molar refractivity (Wildman–Crippen MR) is 158 cm³/mol. The zero-order chi connectivity index (χ0) is 29.4. The van der Waals surface area contributed by atoms with E-state index in [1.54, 1.807) is 45.0 Å². The van der Waals surface area contributed by atoms with Gasteiger partial charge in [0, 0.05) is 17.8 Å². The molecule has 0 bridgehead atoms. The maximum atomic E-state index is 14.1. The van der Waals surface area contributed by atoms with Crippen LogP contribution in [-0.4, -0.2) is 46.1 Å². The number of carbonyl (C=O) groups is 3. The van der Waals surface area contributed by atoms with E-state index in [1.807, 2.05) is 50.2 Å². The van der Waals surface area contributed by atoms with Crippen molar-refractivity contribution in [3.05, 3.63) is 84.9 Å². The molecule has 0 saturated carbocycles. The Kier molecular flexibility index (Phi) is 9.93. The van der Waals surface area contributed by atoms with Crippen LogP contribution in [0.1, 0.15) is 52.6 Å². The number of hydrogen-bond acceptors (Lipinski definition) is 5. The van der Waals surface area contributed by atoms with Crippen LogP contribution in [0.3, 0.4) is 0 Å². The fourth-order valence-corrected chi connectivity index (χ4v) is 4.41. The molecule has 0 saturated heterocycles. The van der Waals surface area contributed by atoms with Gasteiger partial charge in [-0.05, 0) is 55.7 Å². The van der Waals surface area contributed by atoms with Crippen molar-refractivity contribution in [1.29, 1.82) is 0 Å². The first-order chi connectivity index (χ1) is 18.9. The second kappa shape index (κ2) is 13.2. The standard InChI is InChI=1S/C32H39N3O5/c1-7-19-35(30(38)27(21(3)8-2)34-31(39)40-32(4,5)6)28(25-15-11-12-16-26(25)36)29(37)33-24-18-17-22-13-9-10-14-23(22)20-24/h7,9-18,20-21,27-28,36H,1,8,19H2,2-6H3,(H,33,37)(H,34,39). The second-order valence-electron chi connectivity index (χ2n) is 10.8. The van der Waals surface area contributed by atoms with E-state index < -0.39 is 35.6 Å². The molecule has 8 heteroatoms. The van der Waals surface area contributed by atoms with Gasteiger partial charge in [-0.15, -0.1) is 6.58 Å². The van der Waals surface area contributed by atoms with Crippen molar-refractivity contribution in [2.24, 2.45) is 5.92 Å². The number of benzene rings is 3. The van der Waals surface area contributed by atoms with Crippen LogP contribution in [0.25, 0.3) is 10.8 Å². The molecule has 0 aliphatic heterocycles. The number of ether oxygens (including phenoxy) is 1.